The standard InChI is InChI=1S/C5H11NS/c1-3-7-4-5(2)6/h2-4,6H2,1H3. The molecule has 0 saturated carbocycles. The average Bonchev–Trinajstić information content (AvgIpc) is 1.61. The first-order chi connectivity index (χ1) is 3.27. The second kappa shape index (κ2) is 4.06. The summed E-state index contributed by atoms with van der Waals surface area (Å²) in [4.78, 5) is 0. The molecule has 0 rings (SSSR count). The minimum atomic E-state index is 0.770. The molecule has 1 nitrogen and oxygen atoms in total. The van der Waals surface area contributed by atoms with E-state index < -0.39 is 0 Å². The van der Waals surface area contributed by atoms with Crippen molar-refractivity contribution >= 4 is 11.8 Å². The van der Waals surface area contributed by atoms with Gasteiger partial charge in [0, 0.05) is 11.4 Å². The number of thioether (sulfide) groups is 1. The van der Waals surface area contributed by atoms with Crippen molar-refractivity contribution in [3.63, 3.8) is 0 Å². The third-order valence-electron chi connectivity index (χ3n) is 0.492. The Morgan fingerprint density at radius 1 is 1.86 bits per heavy atom. The smallest absolute Gasteiger partial charge is 0.0324 e. The van der Waals surface area contributed by atoms with Crippen molar-refractivity contribution in [3.05, 3.63) is 12.3 Å². The summed E-state index contributed by atoms with van der Waals surface area (Å²) in [6.45, 7) is 5.65. The van der Waals surface area contributed by atoms with Crippen LogP contribution in [0.25, 0.3) is 0 Å². The predicted octanol–water partition coefficient (Wildman–Crippen LogP) is 1.21. The van der Waals surface area contributed by atoms with E-state index in [0.717, 1.165) is 17.2 Å². The van der Waals surface area contributed by atoms with Gasteiger partial charge >= 0.3 is 0 Å². The van der Waals surface area contributed by atoms with Crippen LogP contribution in [0.5, 0.6) is 0 Å². The molecule has 42 valence electrons. The molecule has 0 aliphatic heterocycles. The number of rotatable bonds is 3. The molecule has 0 radical (unpaired) electrons. The zero-order chi connectivity index (χ0) is 5.70. The summed E-state index contributed by atoms with van der Waals surface area (Å²) in [6.07, 6.45) is 0. The van der Waals surface area contributed by atoms with Gasteiger partial charge in [0.15, 0.2) is 0 Å². The lowest BCUT2D eigenvalue weighted by Gasteiger charge is -1.92. The van der Waals surface area contributed by atoms with Gasteiger partial charge in [0.1, 0.15) is 0 Å². The highest BCUT2D eigenvalue weighted by molar-refractivity contribution is 7.99. The van der Waals surface area contributed by atoms with E-state index in [9.17, 15) is 0 Å². The normalized spacial score (nSPS) is 8.71. The molecule has 0 amide bonds. The maximum Gasteiger partial charge on any atom is 0.0324 e. The molecule has 0 heterocycles. The highest BCUT2D eigenvalue weighted by atomic mass is 32.2. The third kappa shape index (κ3) is 5.89. The summed E-state index contributed by atoms with van der Waals surface area (Å²) in [6, 6.07) is 0. The van der Waals surface area contributed by atoms with Crippen LogP contribution < -0.4 is 5.73 Å². The van der Waals surface area contributed by atoms with Crippen LogP contribution in [0, 0.1) is 0 Å². The molecule has 0 aromatic rings. The first-order valence-corrected chi connectivity index (χ1v) is 3.43. The van der Waals surface area contributed by atoms with Crippen LogP contribution in [0.3, 0.4) is 0 Å². The summed E-state index contributed by atoms with van der Waals surface area (Å²) in [7, 11) is 0. The van der Waals surface area contributed by atoms with E-state index in [1.807, 2.05) is 0 Å². The zero-order valence-electron chi connectivity index (χ0n) is 4.61. The summed E-state index contributed by atoms with van der Waals surface area (Å²) in [5, 5.41) is 0. The summed E-state index contributed by atoms with van der Waals surface area (Å²) < 4.78 is 0. The van der Waals surface area contributed by atoms with Crippen LogP contribution in [-0.4, -0.2) is 11.5 Å². The van der Waals surface area contributed by atoms with E-state index in [0.29, 0.717) is 0 Å². The fourth-order valence-corrected chi connectivity index (χ4v) is 0.699. The fourth-order valence-electron chi connectivity index (χ4n) is 0.233. The maximum atomic E-state index is 5.26. The Morgan fingerprint density at radius 3 is 2.57 bits per heavy atom. The van der Waals surface area contributed by atoms with Crippen molar-refractivity contribution in [2.45, 2.75) is 6.92 Å². The number of hydrogen-bond donors (Lipinski definition) is 1. The topological polar surface area (TPSA) is 26.0 Å². The summed E-state index contributed by atoms with van der Waals surface area (Å²) in [5.41, 5.74) is 6.03. The molecule has 0 bridgehead atoms. The Morgan fingerprint density at radius 2 is 2.43 bits per heavy atom. The molecular formula is C5H11NS. The van der Waals surface area contributed by atoms with E-state index >= 15 is 0 Å². The Bertz CT molecular complexity index is 61.1. The lowest BCUT2D eigenvalue weighted by molar-refractivity contribution is 1.35. The zero-order valence-corrected chi connectivity index (χ0v) is 5.42. The first-order valence-electron chi connectivity index (χ1n) is 2.28. The molecule has 0 aliphatic carbocycles. The maximum absolute atomic E-state index is 5.26. The van der Waals surface area contributed by atoms with Gasteiger partial charge in [-0.15, -0.1) is 0 Å². The molecule has 2 N–H and O–H groups in total. The van der Waals surface area contributed by atoms with E-state index in [1.165, 1.54) is 0 Å². The van der Waals surface area contributed by atoms with Gasteiger partial charge in [-0.1, -0.05) is 13.5 Å². The lowest BCUT2D eigenvalue weighted by Crippen LogP contribution is -1.96. The van der Waals surface area contributed by atoms with Crippen LogP contribution in [-0.2, 0) is 0 Å². The van der Waals surface area contributed by atoms with Crippen molar-refractivity contribution < 1.29 is 0 Å². The van der Waals surface area contributed by atoms with Gasteiger partial charge < -0.3 is 5.73 Å². The van der Waals surface area contributed by atoms with Crippen molar-refractivity contribution in [2.75, 3.05) is 11.5 Å². The van der Waals surface area contributed by atoms with Gasteiger partial charge in [0.2, 0.25) is 0 Å². The van der Waals surface area contributed by atoms with Crippen LogP contribution in [0.15, 0.2) is 12.3 Å². The van der Waals surface area contributed by atoms with Crippen LogP contribution in [0.4, 0.5) is 0 Å². The summed E-state index contributed by atoms with van der Waals surface area (Å²) in [5.74, 6) is 2.02. The molecule has 0 atom stereocenters. The number of nitrogens with two attached hydrogens (primary N) is 1. The quantitative estimate of drug-likeness (QED) is 0.601. The largest absolute Gasteiger partial charge is 0.402 e. The van der Waals surface area contributed by atoms with Crippen molar-refractivity contribution in [1.82, 2.24) is 0 Å². The average molecular weight is 117 g/mol. The van der Waals surface area contributed by atoms with Crippen LogP contribution in [0.2, 0.25) is 0 Å². The van der Waals surface area contributed by atoms with Crippen LogP contribution >= 0.6 is 11.8 Å². The molecule has 7 heavy (non-hydrogen) atoms. The molecule has 0 aromatic heterocycles. The van der Waals surface area contributed by atoms with E-state index in [-0.39, 0.29) is 0 Å². The van der Waals surface area contributed by atoms with Crippen molar-refractivity contribution in [2.24, 2.45) is 5.73 Å². The van der Waals surface area contributed by atoms with Gasteiger partial charge in [-0.3, -0.25) is 0 Å². The lowest BCUT2D eigenvalue weighted by atomic mass is 10.6. The molecule has 0 aliphatic rings. The molecule has 0 spiro atoms. The molecule has 0 fully saturated rings. The molecular weight excluding hydrogens is 106 g/mol. The Balaban J connectivity index is 2.82. The molecule has 0 unspecified atom stereocenters. The Hall–Kier alpha value is -0.110. The minimum absolute atomic E-state index is 0.770. The third-order valence-corrected chi connectivity index (χ3v) is 1.47. The van der Waals surface area contributed by atoms with Gasteiger partial charge in [0.25, 0.3) is 0 Å². The molecule has 2 heteroatoms. The highest BCUT2D eigenvalue weighted by Crippen LogP contribution is 1.99. The number of hydrogen-bond acceptors (Lipinski definition) is 2. The van der Waals surface area contributed by atoms with Crippen LogP contribution in [0.1, 0.15) is 6.92 Å². The van der Waals surface area contributed by atoms with Crippen molar-refractivity contribution in [1.29, 1.82) is 0 Å². The minimum Gasteiger partial charge on any atom is -0.402 e. The second-order valence-corrected chi connectivity index (χ2v) is 2.57. The van der Waals surface area contributed by atoms with E-state index in [2.05, 4.69) is 13.5 Å². The SMILES string of the molecule is C=C(N)CSCC. The highest BCUT2D eigenvalue weighted by Gasteiger charge is 1.81. The van der Waals surface area contributed by atoms with Crippen molar-refractivity contribution in [3.8, 4) is 0 Å². The predicted molar refractivity (Wildman–Crippen MR) is 36.3 cm³/mol. The Kier molecular flexibility index (Phi) is 4.00. The second-order valence-electron chi connectivity index (χ2n) is 1.30. The fraction of sp³-hybridized carbons (Fsp3) is 0.600. The Labute approximate surface area is 49.0 Å². The van der Waals surface area contributed by atoms with E-state index in [1.54, 1.807) is 11.8 Å². The van der Waals surface area contributed by atoms with Gasteiger partial charge in [-0.2, -0.15) is 11.8 Å². The monoisotopic (exact) mass is 117 g/mol. The van der Waals surface area contributed by atoms with Gasteiger partial charge in [-0.05, 0) is 5.75 Å². The summed E-state index contributed by atoms with van der Waals surface area (Å²) >= 11 is 1.79. The molecule has 0 saturated heterocycles. The van der Waals surface area contributed by atoms with Gasteiger partial charge in [0.05, 0.1) is 0 Å². The van der Waals surface area contributed by atoms with E-state index in [4.69, 9.17) is 5.73 Å². The first kappa shape index (κ1) is 6.89. The van der Waals surface area contributed by atoms with Gasteiger partial charge in [-0.25, -0.2) is 0 Å². The molecule has 0 aromatic carbocycles.